The number of benzene rings is 1. The van der Waals surface area contributed by atoms with E-state index in [0.29, 0.717) is 24.8 Å². The van der Waals surface area contributed by atoms with Crippen molar-refractivity contribution in [1.82, 2.24) is 10.2 Å². The third-order valence-electron chi connectivity index (χ3n) is 3.45. The van der Waals surface area contributed by atoms with Gasteiger partial charge in [0.2, 0.25) is 11.8 Å². The van der Waals surface area contributed by atoms with Crippen LogP contribution in [0.15, 0.2) is 24.3 Å². The summed E-state index contributed by atoms with van der Waals surface area (Å²) in [5.41, 5.74) is 0.694. The Bertz CT molecular complexity index is 574. The fourth-order valence-electron chi connectivity index (χ4n) is 2.35. The van der Waals surface area contributed by atoms with Crippen molar-refractivity contribution in [2.24, 2.45) is 5.92 Å². The van der Waals surface area contributed by atoms with Crippen LogP contribution in [0.3, 0.4) is 0 Å². The molecule has 0 saturated carbocycles. The van der Waals surface area contributed by atoms with Gasteiger partial charge in [-0.3, -0.25) is 19.8 Å². The van der Waals surface area contributed by atoms with Gasteiger partial charge >= 0.3 is 6.03 Å². The fraction of sp³-hybridized carbons (Fsp3) is 0.400. The summed E-state index contributed by atoms with van der Waals surface area (Å²) in [6.07, 6.45) is 1.44. The molecule has 1 aromatic rings. The molecule has 0 radical (unpaired) electrons. The summed E-state index contributed by atoms with van der Waals surface area (Å²) in [5.74, 6) is -2.17. The second-order valence-corrected chi connectivity index (χ2v) is 5.01. The van der Waals surface area contributed by atoms with Gasteiger partial charge in [0.05, 0.1) is 0 Å². The highest BCUT2D eigenvalue weighted by Crippen LogP contribution is 2.16. The molecule has 1 N–H and O–H groups in total. The normalized spacial score (nSPS) is 18.9. The number of hydrogen-bond acceptors (Lipinski definition) is 3. The van der Waals surface area contributed by atoms with Crippen LogP contribution in [0.1, 0.15) is 25.3 Å². The molecule has 0 aromatic heterocycles. The van der Waals surface area contributed by atoms with Gasteiger partial charge in [-0.15, -0.1) is 0 Å². The lowest BCUT2D eigenvalue weighted by molar-refractivity contribution is -0.142. The lowest BCUT2D eigenvalue weighted by Crippen LogP contribution is -2.58. The first-order valence-corrected chi connectivity index (χ1v) is 6.93. The first kappa shape index (κ1) is 15.2. The number of amides is 4. The van der Waals surface area contributed by atoms with Crippen LogP contribution in [0.2, 0.25) is 0 Å². The molecule has 1 aliphatic heterocycles. The fourth-order valence-corrected chi connectivity index (χ4v) is 2.35. The van der Waals surface area contributed by atoms with Crippen LogP contribution in [-0.4, -0.2) is 29.3 Å². The van der Waals surface area contributed by atoms with Crippen LogP contribution in [0.4, 0.5) is 9.18 Å². The quantitative estimate of drug-likeness (QED) is 0.842. The maximum atomic E-state index is 13.1. The van der Waals surface area contributed by atoms with E-state index in [1.165, 1.54) is 12.1 Å². The number of carbonyl (C=O) groups is 3. The number of carbonyl (C=O) groups excluding carboxylic acids is 3. The minimum Gasteiger partial charge on any atom is -0.277 e. The predicted molar refractivity (Wildman–Crippen MR) is 73.8 cm³/mol. The molecule has 1 atom stereocenters. The summed E-state index contributed by atoms with van der Waals surface area (Å²) in [6, 6.07) is 5.30. The highest BCUT2D eigenvalue weighted by Gasteiger charge is 2.39. The van der Waals surface area contributed by atoms with Crippen molar-refractivity contribution in [2.45, 2.75) is 26.2 Å². The number of halogens is 1. The lowest BCUT2D eigenvalue weighted by atomic mass is 9.99. The van der Waals surface area contributed by atoms with Crippen LogP contribution >= 0.6 is 0 Å². The molecule has 4 amide bonds. The molecule has 2 rings (SSSR count). The van der Waals surface area contributed by atoms with Crippen molar-refractivity contribution in [3.8, 4) is 0 Å². The van der Waals surface area contributed by atoms with Crippen LogP contribution in [0.25, 0.3) is 0 Å². The van der Waals surface area contributed by atoms with E-state index in [2.05, 4.69) is 5.32 Å². The summed E-state index contributed by atoms with van der Waals surface area (Å²) >= 11 is 0. The lowest BCUT2D eigenvalue weighted by Gasteiger charge is -2.30. The highest BCUT2D eigenvalue weighted by molar-refractivity contribution is 6.16. The van der Waals surface area contributed by atoms with Gasteiger partial charge in [-0.1, -0.05) is 25.5 Å². The van der Waals surface area contributed by atoms with Crippen LogP contribution in [-0.2, 0) is 16.0 Å². The van der Waals surface area contributed by atoms with Gasteiger partial charge in [0, 0.05) is 6.54 Å². The third-order valence-corrected chi connectivity index (χ3v) is 3.45. The Labute approximate surface area is 122 Å². The summed E-state index contributed by atoms with van der Waals surface area (Å²) < 4.78 is 13.1. The van der Waals surface area contributed by atoms with Crippen molar-refractivity contribution in [1.29, 1.82) is 0 Å². The molecule has 1 saturated heterocycles. The topological polar surface area (TPSA) is 66.5 Å². The van der Waals surface area contributed by atoms with Crippen molar-refractivity contribution < 1.29 is 18.8 Å². The largest absolute Gasteiger partial charge is 0.330 e. The first-order valence-electron chi connectivity index (χ1n) is 6.93. The smallest absolute Gasteiger partial charge is 0.277 e. The molecule has 21 heavy (non-hydrogen) atoms. The maximum absolute atomic E-state index is 13.1. The van der Waals surface area contributed by atoms with E-state index in [-0.39, 0.29) is 12.4 Å². The number of urea groups is 1. The molecule has 5 nitrogen and oxygen atoms in total. The second kappa shape index (κ2) is 6.47. The van der Waals surface area contributed by atoms with E-state index in [0.717, 1.165) is 4.90 Å². The molecular formula is C15H17FN2O3. The van der Waals surface area contributed by atoms with E-state index in [4.69, 9.17) is 0 Å². The van der Waals surface area contributed by atoms with Crippen LogP contribution < -0.4 is 5.32 Å². The summed E-state index contributed by atoms with van der Waals surface area (Å²) in [5, 5.41) is 2.20. The number of imide groups is 2. The summed E-state index contributed by atoms with van der Waals surface area (Å²) in [6.45, 7) is 2.00. The molecule has 1 fully saturated rings. The van der Waals surface area contributed by atoms with Crippen LogP contribution in [0.5, 0.6) is 0 Å². The Balaban J connectivity index is 2.05. The molecule has 1 unspecified atom stereocenters. The zero-order valence-electron chi connectivity index (χ0n) is 11.8. The van der Waals surface area contributed by atoms with E-state index >= 15 is 0 Å². The molecule has 1 aromatic carbocycles. The van der Waals surface area contributed by atoms with Crippen LogP contribution in [0, 0.1) is 11.7 Å². The van der Waals surface area contributed by atoms with Crippen molar-refractivity contribution in [2.75, 3.05) is 6.54 Å². The van der Waals surface area contributed by atoms with E-state index in [9.17, 15) is 18.8 Å². The van der Waals surface area contributed by atoms with Gasteiger partial charge in [-0.05, 0) is 30.5 Å². The SMILES string of the molecule is CCCC1C(=O)NC(=O)N(CCc2cccc(F)c2)C1=O. The predicted octanol–water partition coefficient (Wildman–Crippen LogP) is 1.86. The van der Waals surface area contributed by atoms with Crippen molar-refractivity contribution >= 4 is 17.8 Å². The molecular weight excluding hydrogens is 275 g/mol. The number of nitrogens with zero attached hydrogens (tertiary/aromatic N) is 1. The molecule has 1 heterocycles. The number of barbiturate groups is 1. The number of rotatable bonds is 5. The van der Waals surface area contributed by atoms with Gasteiger partial charge in [-0.25, -0.2) is 9.18 Å². The van der Waals surface area contributed by atoms with Gasteiger partial charge in [-0.2, -0.15) is 0 Å². The average Bonchev–Trinajstić information content (AvgIpc) is 2.43. The molecule has 0 aliphatic carbocycles. The second-order valence-electron chi connectivity index (χ2n) is 5.01. The zero-order valence-corrected chi connectivity index (χ0v) is 11.8. The number of nitrogens with one attached hydrogen (secondary N) is 1. The number of hydrogen-bond donors (Lipinski definition) is 1. The Hall–Kier alpha value is -2.24. The van der Waals surface area contributed by atoms with Gasteiger partial charge in [0.1, 0.15) is 11.7 Å². The molecule has 1 aliphatic rings. The standard InChI is InChI=1S/C15H17FN2O3/c1-2-4-12-13(19)17-15(21)18(14(12)20)8-7-10-5-3-6-11(16)9-10/h3,5-6,9,12H,2,4,7-8H2,1H3,(H,17,19,21). The average molecular weight is 292 g/mol. The van der Waals surface area contributed by atoms with E-state index in [1.54, 1.807) is 12.1 Å². The first-order chi connectivity index (χ1) is 10.0. The summed E-state index contributed by atoms with van der Waals surface area (Å²) in [7, 11) is 0. The molecule has 112 valence electrons. The van der Waals surface area contributed by atoms with Crippen molar-refractivity contribution in [3.05, 3.63) is 35.6 Å². The Morgan fingerprint density at radius 1 is 1.29 bits per heavy atom. The Morgan fingerprint density at radius 3 is 2.71 bits per heavy atom. The zero-order chi connectivity index (χ0) is 15.4. The molecule has 0 spiro atoms. The maximum Gasteiger partial charge on any atom is 0.330 e. The van der Waals surface area contributed by atoms with E-state index < -0.39 is 23.8 Å². The third kappa shape index (κ3) is 3.45. The minimum atomic E-state index is -0.805. The molecule has 0 bridgehead atoms. The van der Waals surface area contributed by atoms with E-state index in [1.807, 2.05) is 6.92 Å². The monoisotopic (exact) mass is 292 g/mol. The Kier molecular flexibility index (Phi) is 4.67. The molecule has 6 heteroatoms. The minimum absolute atomic E-state index is 0.127. The Morgan fingerprint density at radius 2 is 2.05 bits per heavy atom. The summed E-state index contributed by atoms with van der Waals surface area (Å²) in [4.78, 5) is 36.6. The van der Waals surface area contributed by atoms with Gasteiger partial charge < -0.3 is 0 Å². The highest BCUT2D eigenvalue weighted by atomic mass is 19.1. The van der Waals surface area contributed by atoms with Gasteiger partial charge in [0.15, 0.2) is 0 Å². The van der Waals surface area contributed by atoms with Crippen molar-refractivity contribution in [3.63, 3.8) is 0 Å². The van der Waals surface area contributed by atoms with Gasteiger partial charge in [0.25, 0.3) is 0 Å².